The monoisotopic (exact) mass is 264 g/mol. The molecule has 18 heavy (non-hydrogen) atoms. The van der Waals surface area contributed by atoms with E-state index in [4.69, 9.17) is 16.7 Å². The fourth-order valence-electron chi connectivity index (χ4n) is 1.77. The molecule has 1 N–H and O–H groups in total. The van der Waals surface area contributed by atoms with Crippen molar-refractivity contribution in [3.63, 3.8) is 0 Å². The van der Waals surface area contributed by atoms with Gasteiger partial charge in [0.05, 0.1) is 12.2 Å². The molecule has 0 aliphatic rings. The maximum absolute atomic E-state index is 11.0. The van der Waals surface area contributed by atoms with Crippen molar-refractivity contribution in [2.24, 2.45) is 0 Å². The Kier molecular flexibility index (Phi) is 3.39. The van der Waals surface area contributed by atoms with Crippen LogP contribution in [0.1, 0.15) is 27.2 Å². The maximum atomic E-state index is 11.0. The highest BCUT2D eigenvalue weighted by Crippen LogP contribution is 2.20. The minimum absolute atomic E-state index is 0.0729. The van der Waals surface area contributed by atoms with Crippen LogP contribution in [0.15, 0.2) is 24.3 Å². The predicted molar refractivity (Wildman–Crippen MR) is 69.2 cm³/mol. The van der Waals surface area contributed by atoms with Gasteiger partial charge in [-0.25, -0.2) is 9.48 Å². The topological polar surface area (TPSA) is 55.1 Å². The van der Waals surface area contributed by atoms with Gasteiger partial charge < -0.3 is 5.11 Å². The Labute approximate surface area is 110 Å². The van der Waals surface area contributed by atoms with E-state index in [0.717, 1.165) is 5.56 Å². The Morgan fingerprint density at radius 2 is 1.94 bits per heavy atom. The third kappa shape index (κ3) is 2.38. The average molecular weight is 265 g/mol. The number of benzene rings is 1. The second kappa shape index (κ2) is 4.82. The number of carbonyl (C=O) groups is 1. The van der Waals surface area contributed by atoms with Crippen molar-refractivity contribution in [3.05, 3.63) is 51.8 Å². The van der Waals surface area contributed by atoms with Crippen molar-refractivity contribution < 1.29 is 9.90 Å². The SMILES string of the molecule is Cc1ccc(Cn2nc(C)c(C(=O)O)c2Cl)cc1. The van der Waals surface area contributed by atoms with E-state index in [1.165, 1.54) is 10.2 Å². The molecule has 0 spiro atoms. The van der Waals surface area contributed by atoms with Crippen molar-refractivity contribution in [1.82, 2.24) is 9.78 Å². The summed E-state index contributed by atoms with van der Waals surface area (Å²) in [6, 6.07) is 7.95. The van der Waals surface area contributed by atoms with E-state index < -0.39 is 5.97 Å². The lowest BCUT2D eigenvalue weighted by Gasteiger charge is -2.04. The molecule has 94 valence electrons. The molecule has 0 atom stereocenters. The fourth-order valence-corrected chi connectivity index (χ4v) is 2.08. The Hall–Kier alpha value is -1.81. The van der Waals surface area contributed by atoms with E-state index >= 15 is 0 Å². The van der Waals surface area contributed by atoms with Gasteiger partial charge in [0.25, 0.3) is 0 Å². The standard InChI is InChI=1S/C13H13ClN2O2/c1-8-3-5-10(6-4-8)7-16-12(14)11(13(17)18)9(2)15-16/h3-6H,7H2,1-2H3,(H,17,18). The lowest BCUT2D eigenvalue weighted by Crippen LogP contribution is -2.03. The van der Waals surface area contributed by atoms with Crippen LogP contribution >= 0.6 is 11.6 Å². The molecule has 0 amide bonds. The second-order valence-corrected chi connectivity index (χ2v) is 4.56. The number of carboxylic acid groups (broad SMARTS) is 1. The van der Waals surface area contributed by atoms with E-state index in [0.29, 0.717) is 12.2 Å². The molecule has 1 aromatic heterocycles. The molecule has 0 saturated carbocycles. The summed E-state index contributed by atoms with van der Waals surface area (Å²) in [5.74, 6) is -1.05. The van der Waals surface area contributed by atoms with Gasteiger partial charge in [0.15, 0.2) is 0 Å². The van der Waals surface area contributed by atoms with Crippen molar-refractivity contribution in [2.75, 3.05) is 0 Å². The molecule has 0 fully saturated rings. The Morgan fingerprint density at radius 1 is 1.33 bits per heavy atom. The summed E-state index contributed by atoms with van der Waals surface area (Å²) >= 11 is 6.03. The lowest BCUT2D eigenvalue weighted by molar-refractivity contribution is 0.0696. The molecule has 4 nitrogen and oxygen atoms in total. The molecule has 0 aliphatic heterocycles. The van der Waals surface area contributed by atoms with Gasteiger partial charge in [0, 0.05) is 0 Å². The van der Waals surface area contributed by atoms with E-state index in [9.17, 15) is 4.79 Å². The zero-order chi connectivity index (χ0) is 13.3. The normalized spacial score (nSPS) is 10.6. The molecule has 0 unspecified atom stereocenters. The highest BCUT2D eigenvalue weighted by Gasteiger charge is 2.19. The molecular formula is C13H13ClN2O2. The second-order valence-electron chi connectivity index (χ2n) is 4.20. The first kappa shape index (κ1) is 12.6. The van der Waals surface area contributed by atoms with Crippen LogP contribution < -0.4 is 0 Å². The van der Waals surface area contributed by atoms with E-state index in [2.05, 4.69) is 5.10 Å². The van der Waals surface area contributed by atoms with Crippen LogP contribution in [0, 0.1) is 13.8 Å². The van der Waals surface area contributed by atoms with Crippen molar-refractivity contribution >= 4 is 17.6 Å². The number of carboxylic acids is 1. The zero-order valence-electron chi connectivity index (χ0n) is 10.1. The highest BCUT2D eigenvalue weighted by atomic mass is 35.5. The van der Waals surface area contributed by atoms with E-state index in [-0.39, 0.29) is 10.7 Å². The molecule has 0 radical (unpaired) electrons. The number of halogens is 1. The largest absolute Gasteiger partial charge is 0.478 e. The van der Waals surface area contributed by atoms with Crippen LogP contribution in [-0.4, -0.2) is 20.9 Å². The summed E-state index contributed by atoms with van der Waals surface area (Å²) in [5, 5.41) is 13.3. The summed E-state index contributed by atoms with van der Waals surface area (Å²) in [6.45, 7) is 4.12. The van der Waals surface area contributed by atoms with Gasteiger partial charge in [-0.15, -0.1) is 0 Å². The smallest absolute Gasteiger partial charge is 0.340 e. The predicted octanol–water partition coefficient (Wildman–Crippen LogP) is 2.90. The van der Waals surface area contributed by atoms with Gasteiger partial charge in [-0.05, 0) is 19.4 Å². The molecule has 1 aromatic carbocycles. The third-order valence-electron chi connectivity index (χ3n) is 2.73. The van der Waals surface area contributed by atoms with Gasteiger partial charge in [-0.1, -0.05) is 41.4 Å². The van der Waals surface area contributed by atoms with Crippen molar-refractivity contribution in [3.8, 4) is 0 Å². The molecule has 0 bridgehead atoms. The quantitative estimate of drug-likeness (QED) is 0.927. The summed E-state index contributed by atoms with van der Waals surface area (Å²) in [4.78, 5) is 11.0. The molecule has 1 heterocycles. The van der Waals surface area contributed by atoms with E-state index in [1.54, 1.807) is 6.92 Å². The minimum Gasteiger partial charge on any atom is -0.478 e. The number of nitrogens with zero attached hydrogens (tertiary/aromatic N) is 2. The Balaban J connectivity index is 2.33. The number of hydrogen-bond donors (Lipinski definition) is 1. The molecular weight excluding hydrogens is 252 g/mol. The van der Waals surface area contributed by atoms with Crippen LogP contribution in [-0.2, 0) is 6.54 Å². The summed E-state index contributed by atoms with van der Waals surface area (Å²) in [7, 11) is 0. The van der Waals surface area contributed by atoms with Gasteiger partial charge >= 0.3 is 5.97 Å². The number of aromatic carboxylic acids is 1. The summed E-state index contributed by atoms with van der Waals surface area (Å²) in [6.07, 6.45) is 0. The van der Waals surface area contributed by atoms with Gasteiger partial charge in [-0.2, -0.15) is 5.10 Å². The van der Waals surface area contributed by atoms with Crippen LogP contribution in [0.25, 0.3) is 0 Å². The zero-order valence-corrected chi connectivity index (χ0v) is 10.9. The van der Waals surface area contributed by atoms with Crippen molar-refractivity contribution in [2.45, 2.75) is 20.4 Å². The Bertz CT molecular complexity index is 588. The molecule has 0 aliphatic carbocycles. The van der Waals surface area contributed by atoms with Gasteiger partial charge in [0.1, 0.15) is 10.7 Å². The number of hydrogen-bond acceptors (Lipinski definition) is 2. The van der Waals surface area contributed by atoms with Crippen LogP contribution in [0.2, 0.25) is 5.15 Å². The third-order valence-corrected chi connectivity index (χ3v) is 3.12. The first-order valence-electron chi connectivity index (χ1n) is 5.51. The number of aromatic nitrogens is 2. The van der Waals surface area contributed by atoms with Gasteiger partial charge in [0.2, 0.25) is 0 Å². The van der Waals surface area contributed by atoms with Crippen LogP contribution in [0.5, 0.6) is 0 Å². The highest BCUT2D eigenvalue weighted by molar-refractivity contribution is 6.32. The fraction of sp³-hybridized carbons (Fsp3) is 0.231. The summed E-state index contributed by atoms with van der Waals surface area (Å²) < 4.78 is 1.50. The lowest BCUT2D eigenvalue weighted by atomic mass is 10.1. The Morgan fingerprint density at radius 3 is 2.44 bits per heavy atom. The molecule has 0 saturated heterocycles. The minimum atomic E-state index is -1.05. The number of rotatable bonds is 3. The molecule has 2 rings (SSSR count). The van der Waals surface area contributed by atoms with Crippen LogP contribution in [0.4, 0.5) is 0 Å². The van der Waals surface area contributed by atoms with E-state index in [1.807, 2.05) is 31.2 Å². The average Bonchev–Trinajstić information content (AvgIpc) is 2.57. The molecule has 2 aromatic rings. The summed E-state index contributed by atoms with van der Waals surface area (Å²) in [5.41, 5.74) is 2.71. The number of aryl methyl sites for hydroxylation is 2. The maximum Gasteiger partial charge on any atom is 0.340 e. The van der Waals surface area contributed by atoms with Crippen molar-refractivity contribution in [1.29, 1.82) is 0 Å². The van der Waals surface area contributed by atoms with Gasteiger partial charge in [-0.3, -0.25) is 0 Å². The molecule has 5 heteroatoms. The first-order chi connectivity index (χ1) is 8.49. The van der Waals surface area contributed by atoms with Crippen LogP contribution in [0.3, 0.4) is 0 Å². The first-order valence-corrected chi connectivity index (χ1v) is 5.88.